The minimum Gasteiger partial charge on any atom is -0.340 e. The van der Waals surface area contributed by atoms with E-state index in [1.807, 2.05) is 19.1 Å². The van der Waals surface area contributed by atoms with E-state index in [9.17, 15) is 0 Å². The van der Waals surface area contributed by atoms with Gasteiger partial charge in [-0.3, -0.25) is 0 Å². The van der Waals surface area contributed by atoms with Gasteiger partial charge in [0.05, 0.1) is 0 Å². The van der Waals surface area contributed by atoms with Crippen molar-refractivity contribution in [3.8, 4) is 0 Å². The second-order valence-corrected chi connectivity index (χ2v) is 0.858. The van der Waals surface area contributed by atoms with Gasteiger partial charge in [-0.1, -0.05) is 6.08 Å². The van der Waals surface area contributed by atoms with Crippen LogP contribution in [0.25, 0.3) is 0 Å². The molecule has 30 valence electrons. The van der Waals surface area contributed by atoms with Crippen molar-refractivity contribution in [2.75, 3.05) is 0 Å². The first-order chi connectivity index (χ1) is 2.41. The van der Waals surface area contributed by atoms with E-state index in [0.29, 0.717) is 0 Å². The summed E-state index contributed by atoms with van der Waals surface area (Å²) in [5.74, 6) is 0. The monoisotopic (exact) mass is 76.1 g/mol. The Bertz CT molecular complexity index is 30.9. The van der Waals surface area contributed by atoms with Crippen LogP contribution in [0, 0.1) is 6.92 Å². The minimum absolute atomic E-state index is 0. The van der Waals surface area contributed by atoms with Crippen molar-refractivity contribution >= 4 is 0 Å². The second-order valence-electron chi connectivity index (χ2n) is 0.858. The van der Waals surface area contributed by atoms with Crippen LogP contribution in [0.4, 0.5) is 0 Å². The third kappa shape index (κ3) is 8.84. The molecule has 0 nitrogen and oxygen atoms in total. The second kappa shape index (κ2) is 9.02. The summed E-state index contributed by atoms with van der Waals surface area (Å²) >= 11 is 0. The molecule has 0 atom stereocenters. The van der Waals surface area contributed by atoms with Crippen molar-refractivity contribution in [2.45, 2.75) is 13.3 Å². The summed E-state index contributed by atoms with van der Waals surface area (Å²) in [5, 5.41) is 0. The first kappa shape index (κ1) is 9.60. The largest absolute Gasteiger partial charge is 1.00 e. The van der Waals surface area contributed by atoms with Crippen LogP contribution in [0.3, 0.4) is 0 Å². The van der Waals surface area contributed by atoms with Crippen LogP contribution in [0.1, 0.15) is 13.3 Å². The topological polar surface area (TPSA) is 0 Å². The van der Waals surface area contributed by atoms with Gasteiger partial charge in [-0.05, 0) is 6.92 Å². The standard InChI is InChI=1S/C5H9.Li/c1-3-5-4-2;/h4-5H,1,3H2,2H3;/q-1;+1/b5-4+;. The van der Waals surface area contributed by atoms with Crippen LogP contribution in [-0.4, -0.2) is 0 Å². The van der Waals surface area contributed by atoms with E-state index in [-0.39, 0.29) is 18.9 Å². The third-order valence-electron chi connectivity index (χ3n) is 0.402. The summed E-state index contributed by atoms with van der Waals surface area (Å²) in [5.41, 5.74) is 0. The molecule has 0 saturated carbocycles. The van der Waals surface area contributed by atoms with Crippen LogP contribution >= 0.6 is 0 Å². The van der Waals surface area contributed by atoms with E-state index in [1.54, 1.807) is 0 Å². The molecular formula is C5H9Li. The minimum atomic E-state index is 0. The molecule has 0 bridgehead atoms. The molecule has 0 N–H and O–H groups in total. The molecule has 0 unspecified atom stereocenters. The smallest absolute Gasteiger partial charge is 0.340 e. The van der Waals surface area contributed by atoms with Gasteiger partial charge in [0, 0.05) is 0 Å². The van der Waals surface area contributed by atoms with Crippen LogP contribution in [0.2, 0.25) is 0 Å². The molecule has 0 spiro atoms. The summed E-state index contributed by atoms with van der Waals surface area (Å²) < 4.78 is 0. The third-order valence-corrected chi connectivity index (χ3v) is 0.402. The Morgan fingerprint density at radius 2 is 2.17 bits per heavy atom. The van der Waals surface area contributed by atoms with Gasteiger partial charge >= 0.3 is 18.9 Å². The molecule has 0 aromatic carbocycles. The summed E-state index contributed by atoms with van der Waals surface area (Å²) in [6.07, 6.45) is 4.92. The van der Waals surface area contributed by atoms with Crippen LogP contribution in [0.5, 0.6) is 0 Å². The van der Waals surface area contributed by atoms with E-state index in [1.165, 1.54) is 0 Å². The van der Waals surface area contributed by atoms with Crippen molar-refractivity contribution in [1.82, 2.24) is 0 Å². The van der Waals surface area contributed by atoms with Gasteiger partial charge in [0.2, 0.25) is 0 Å². The van der Waals surface area contributed by atoms with Crippen molar-refractivity contribution in [1.29, 1.82) is 0 Å². The van der Waals surface area contributed by atoms with Gasteiger partial charge < -0.3 is 6.92 Å². The van der Waals surface area contributed by atoms with Crippen LogP contribution < -0.4 is 18.9 Å². The molecule has 0 aromatic heterocycles. The average Bonchev–Trinajstić information content (AvgIpc) is 1.41. The Balaban J connectivity index is 0. The Labute approximate surface area is 51.8 Å². The van der Waals surface area contributed by atoms with E-state index in [0.717, 1.165) is 6.42 Å². The summed E-state index contributed by atoms with van der Waals surface area (Å²) in [6, 6.07) is 0. The van der Waals surface area contributed by atoms with Gasteiger partial charge in [0.25, 0.3) is 0 Å². The number of hydrogen-bond donors (Lipinski definition) is 0. The zero-order valence-electron chi connectivity index (χ0n) is 4.57. The molecule has 0 aliphatic heterocycles. The van der Waals surface area contributed by atoms with E-state index >= 15 is 0 Å². The first-order valence-corrected chi connectivity index (χ1v) is 1.82. The summed E-state index contributed by atoms with van der Waals surface area (Å²) in [7, 11) is 0. The molecule has 0 fully saturated rings. The number of hydrogen-bond acceptors (Lipinski definition) is 0. The molecule has 0 aliphatic carbocycles. The number of allylic oxidation sites excluding steroid dienone is 2. The van der Waals surface area contributed by atoms with Crippen LogP contribution in [0.15, 0.2) is 12.2 Å². The molecule has 0 heterocycles. The summed E-state index contributed by atoms with van der Waals surface area (Å²) in [6.45, 7) is 5.58. The Kier molecular flexibility index (Phi) is 14.4. The normalized spacial score (nSPS) is 8.33. The Morgan fingerprint density at radius 3 is 2.17 bits per heavy atom. The average molecular weight is 76.1 g/mol. The zero-order chi connectivity index (χ0) is 4.12. The van der Waals surface area contributed by atoms with Gasteiger partial charge in [0.15, 0.2) is 0 Å². The van der Waals surface area contributed by atoms with Gasteiger partial charge in [-0.2, -0.15) is 6.42 Å². The van der Waals surface area contributed by atoms with Gasteiger partial charge in [-0.25, -0.2) is 0 Å². The molecular weight excluding hydrogens is 67.0 g/mol. The maximum Gasteiger partial charge on any atom is 1.00 e. The van der Waals surface area contributed by atoms with E-state index in [4.69, 9.17) is 0 Å². The maximum atomic E-state index is 3.59. The van der Waals surface area contributed by atoms with Crippen LogP contribution in [-0.2, 0) is 0 Å². The maximum absolute atomic E-state index is 3.59. The molecule has 1 heteroatoms. The van der Waals surface area contributed by atoms with Gasteiger partial charge in [-0.15, -0.1) is 6.08 Å². The SMILES string of the molecule is [CH2-]C/C=C/C.[Li+]. The Hall–Kier alpha value is 0.337. The number of rotatable bonds is 1. The van der Waals surface area contributed by atoms with E-state index in [2.05, 4.69) is 6.92 Å². The summed E-state index contributed by atoms with van der Waals surface area (Å²) in [4.78, 5) is 0. The van der Waals surface area contributed by atoms with Crippen molar-refractivity contribution < 1.29 is 18.9 Å². The molecule has 0 radical (unpaired) electrons. The van der Waals surface area contributed by atoms with Crippen molar-refractivity contribution in [2.24, 2.45) is 0 Å². The fourth-order valence-corrected chi connectivity index (χ4v) is 0.167. The fourth-order valence-electron chi connectivity index (χ4n) is 0.167. The molecule has 0 aromatic rings. The zero-order valence-corrected chi connectivity index (χ0v) is 4.57. The predicted molar refractivity (Wildman–Crippen MR) is 24.8 cm³/mol. The fraction of sp³-hybridized carbons (Fsp3) is 0.400. The molecule has 0 aliphatic rings. The molecule has 0 rings (SSSR count). The first-order valence-electron chi connectivity index (χ1n) is 1.82. The van der Waals surface area contributed by atoms with Gasteiger partial charge in [0.1, 0.15) is 0 Å². The predicted octanol–water partition coefficient (Wildman–Crippen LogP) is -1.21. The molecule has 0 amide bonds. The quantitative estimate of drug-likeness (QED) is 0.209. The van der Waals surface area contributed by atoms with Crippen molar-refractivity contribution in [3.05, 3.63) is 19.1 Å². The molecule has 0 saturated heterocycles. The Morgan fingerprint density at radius 1 is 1.67 bits per heavy atom. The molecule has 6 heavy (non-hydrogen) atoms. The van der Waals surface area contributed by atoms with E-state index < -0.39 is 0 Å². The van der Waals surface area contributed by atoms with Crippen molar-refractivity contribution in [3.63, 3.8) is 0 Å².